The minimum Gasteiger partial charge on any atom is -0.352 e. The fraction of sp³-hybridized carbons (Fsp3) is 0.500. The lowest BCUT2D eigenvalue weighted by Gasteiger charge is -2.17. The molecule has 1 aromatic carbocycles. The SMILES string of the molecule is CCC(C)NC(=O)C(C)NCc1cc(F)ccc1Br. The molecule has 19 heavy (non-hydrogen) atoms. The summed E-state index contributed by atoms with van der Waals surface area (Å²) in [5.74, 6) is -0.321. The molecule has 106 valence electrons. The van der Waals surface area contributed by atoms with Gasteiger partial charge < -0.3 is 10.6 Å². The predicted octanol–water partition coefficient (Wildman–Crippen LogP) is 2.98. The van der Waals surface area contributed by atoms with Gasteiger partial charge in [-0.1, -0.05) is 22.9 Å². The van der Waals surface area contributed by atoms with E-state index in [0.29, 0.717) is 6.54 Å². The van der Waals surface area contributed by atoms with Crippen LogP contribution in [0, 0.1) is 5.82 Å². The van der Waals surface area contributed by atoms with Crippen LogP contribution >= 0.6 is 15.9 Å². The first kappa shape index (κ1) is 16.1. The lowest BCUT2D eigenvalue weighted by atomic mass is 10.2. The van der Waals surface area contributed by atoms with Gasteiger partial charge in [0.25, 0.3) is 0 Å². The van der Waals surface area contributed by atoms with Crippen molar-refractivity contribution in [2.24, 2.45) is 0 Å². The van der Waals surface area contributed by atoms with E-state index in [0.717, 1.165) is 16.5 Å². The Balaban J connectivity index is 2.51. The molecule has 3 nitrogen and oxygen atoms in total. The largest absolute Gasteiger partial charge is 0.352 e. The molecule has 0 bridgehead atoms. The lowest BCUT2D eigenvalue weighted by Crippen LogP contribution is -2.45. The van der Waals surface area contributed by atoms with Crippen LogP contribution in [0.4, 0.5) is 4.39 Å². The normalized spacial score (nSPS) is 13.9. The van der Waals surface area contributed by atoms with Crippen LogP contribution in [0.1, 0.15) is 32.8 Å². The quantitative estimate of drug-likeness (QED) is 0.841. The van der Waals surface area contributed by atoms with E-state index in [1.54, 1.807) is 13.0 Å². The fourth-order valence-corrected chi connectivity index (χ4v) is 1.89. The van der Waals surface area contributed by atoms with E-state index in [4.69, 9.17) is 0 Å². The molecule has 0 radical (unpaired) electrons. The summed E-state index contributed by atoms with van der Waals surface area (Å²) >= 11 is 3.36. The fourth-order valence-electron chi connectivity index (χ4n) is 1.50. The van der Waals surface area contributed by atoms with Crippen LogP contribution in [0.2, 0.25) is 0 Å². The molecule has 1 amide bonds. The molecular weight excluding hydrogens is 311 g/mol. The molecule has 2 atom stereocenters. The van der Waals surface area contributed by atoms with Crippen LogP contribution in [0.3, 0.4) is 0 Å². The summed E-state index contributed by atoms with van der Waals surface area (Å²) in [5.41, 5.74) is 0.795. The number of hydrogen-bond donors (Lipinski definition) is 2. The van der Waals surface area contributed by atoms with Crippen LogP contribution in [0.15, 0.2) is 22.7 Å². The summed E-state index contributed by atoms with van der Waals surface area (Å²) < 4.78 is 13.9. The first-order chi connectivity index (χ1) is 8.93. The first-order valence-electron chi connectivity index (χ1n) is 6.41. The Morgan fingerprint density at radius 2 is 2.11 bits per heavy atom. The van der Waals surface area contributed by atoms with Gasteiger partial charge in [0.15, 0.2) is 0 Å². The number of carbonyl (C=O) groups is 1. The topological polar surface area (TPSA) is 41.1 Å². The van der Waals surface area contributed by atoms with Gasteiger partial charge in [0.2, 0.25) is 5.91 Å². The summed E-state index contributed by atoms with van der Waals surface area (Å²) in [4.78, 5) is 11.8. The van der Waals surface area contributed by atoms with Crippen molar-refractivity contribution in [2.75, 3.05) is 0 Å². The lowest BCUT2D eigenvalue weighted by molar-refractivity contribution is -0.123. The predicted molar refractivity (Wildman–Crippen MR) is 78.3 cm³/mol. The van der Waals surface area contributed by atoms with Crippen molar-refractivity contribution in [1.29, 1.82) is 0 Å². The second-order valence-electron chi connectivity index (χ2n) is 4.66. The van der Waals surface area contributed by atoms with Crippen LogP contribution < -0.4 is 10.6 Å². The number of nitrogens with one attached hydrogen (secondary N) is 2. The van der Waals surface area contributed by atoms with Crippen LogP contribution in [0.25, 0.3) is 0 Å². The first-order valence-corrected chi connectivity index (χ1v) is 7.21. The number of hydrogen-bond acceptors (Lipinski definition) is 2. The number of carbonyl (C=O) groups excluding carboxylic acids is 1. The Kier molecular flexibility index (Phi) is 6.45. The molecule has 0 aliphatic rings. The molecule has 0 saturated heterocycles. The monoisotopic (exact) mass is 330 g/mol. The molecule has 0 aliphatic heterocycles. The smallest absolute Gasteiger partial charge is 0.237 e. The Labute approximate surface area is 122 Å². The molecule has 2 unspecified atom stereocenters. The Morgan fingerprint density at radius 1 is 1.42 bits per heavy atom. The Morgan fingerprint density at radius 3 is 2.74 bits per heavy atom. The van der Waals surface area contributed by atoms with E-state index >= 15 is 0 Å². The summed E-state index contributed by atoms with van der Waals surface area (Å²) in [6.45, 7) is 6.22. The minimum absolute atomic E-state index is 0.0399. The maximum atomic E-state index is 13.1. The van der Waals surface area contributed by atoms with Crippen molar-refractivity contribution in [3.8, 4) is 0 Å². The third-order valence-electron chi connectivity index (χ3n) is 3.00. The van der Waals surface area contributed by atoms with Gasteiger partial charge in [-0.15, -0.1) is 0 Å². The van der Waals surface area contributed by atoms with E-state index in [2.05, 4.69) is 26.6 Å². The molecule has 0 aliphatic carbocycles. The summed E-state index contributed by atoms with van der Waals surface area (Å²) in [7, 11) is 0. The second kappa shape index (κ2) is 7.60. The zero-order valence-corrected chi connectivity index (χ0v) is 13.1. The highest BCUT2D eigenvalue weighted by molar-refractivity contribution is 9.10. The van der Waals surface area contributed by atoms with Gasteiger partial charge >= 0.3 is 0 Å². The van der Waals surface area contributed by atoms with Gasteiger partial charge in [0.05, 0.1) is 6.04 Å². The van der Waals surface area contributed by atoms with Crippen LogP contribution in [-0.4, -0.2) is 18.0 Å². The maximum Gasteiger partial charge on any atom is 0.237 e. The molecule has 0 fully saturated rings. The summed E-state index contributed by atoms with van der Waals surface area (Å²) in [5, 5.41) is 5.99. The third-order valence-corrected chi connectivity index (χ3v) is 3.77. The van der Waals surface area contributed by atoms with E-state index in [1.807, 2.05) is 13.8 Å². The van der Waals surface area contributed by atoms with E-state index in [-0.39, 0.29) is 23.8 Å². The van der Waals surface area contributed by atoms with E-state index in [1.165, 1.54) is 12.1 Å². The number of benzene rings is 1. The third kappa shape index (κ3) is 5.28. The van der Waals surface area contributed by atoms with Gasteiger partial charge in [-0.2, -0.15) is 0 Å². The molecule has 5 heteroatoms. The molecule has 1 rings (SSSR count). The highest BCUT2D eigenvalue weighted by Gasteiger charge is 2.14. The van der Waals surface area contributed by atoms with Crippen LogP contribution in [-0.2, 0) is 11.3 Å². The summed E-state index contributed by atoms with van der Waals surface area (Å²) in [6, 6.07) is 4.36. The van der Waals surface area contributed by atoms with Crippen molar-refractivity contribution < 1.29 is 9.18 Å². The van der Waals surface area contributed by atoms with E-state index < -0.39 is 0 Å². The number of amides is 1. The van der Waals surface area contributed by atoms with Crippen molar-refractivity contribution in [3.05, 3.63) is 34.1 Å². The molecule has 0 heterocycles. The number of halogens is 2. The molecule has 0 spiro atoms. The van der Waals surface area contributed by atoms with Gasteiger partial charge in [-0.05, 0) is 44.0 Å². The van der Waals surface area contributed by atoms with Gasteiger partial charge in [-0.3, -0.25) is 4.79 Å². The average molecular weight is 331 g/mol. The molecule has 0 saturated carbocycles. The van der Waals surface area contributed by atoms with Gasteiger partial charge in [0, 0.05) is 17.1 Å². The summed E-state index contributed by atoms with van der Waals surface area (Å²) in [6.07, 6.45) is 0.897. The molecule has 1 aromatic rings. The minimum atomic E-state index is -0.316. The van der Waals surface area contributed by atoms with E-state index in [9.17, 15) is 9.18 Å². The van der Waals surface area contributed by atoms with Gasteiger partial charge in [-0.25, -0.2) is 4.39 Å². The molecular formula is C14H20BrFN2O. The zero-order chi connectivity index (χ0) is 14.4. The second-order valence-corrected chi connectivity index (χ2v) is 5.51. The number of rotatable bonds is 6. The van der Waals surface area contributed by atoms with Crippen molar-refractivity contribution in [1.82, 2.24) is 10.6 Å². The zero-order valence-electron chi connectivity index (χ0n) is 11.5. The maximum absolute atomic E-state index is 13.1. The van der Waals surface area contributed by atoms with Crippen LogP contribution in [0.5, 0.6) is 0 Å². The standard InChI is InChI=1S/C14H20BrFN2O/c1-4-9(2)18-14(19)10(3)17-8-11-7-12(16)5-6-13(11)15/h5-7,9-10,17H,4,8H2,1-3H3,(H,18,19). The Bertz CT molecular complexity index is 439. The van der Waals surface area contributed by atoms with Crippen molar-refractivity contribution in [3.63, 3.8) is 0 Å². The van der Waals surface area contributed by atoms with Crippen molar-refractivity contribution in [2.45, 2.75) is 45.8 Å². The molecule has 2 N–H and O–H groups in total. The highest BCUT2D eigenvalue weighted by Crippen LogP contribution is 2.17. The van der Waals surface area contributed by atoms with Gasteiger partial charge in [0.1, 0.15) is 5.82 Å². The average Bonchev–Trinajstić information content (AvgIpc) is 2.39. The Hall–Kier alpha value is -0.940. The van der Waals surface area contributed by atoms with Crippen molar-refractivity contribution >= 4 is 21.8 Å². The highest BCUT2D eigenvalue weighted by atomic mass is 79.9. The molecule has 0 aromatic heterocycles.